The quantitative estimate of drug-likeness (QED) is 0.321. The number of nitrogens with two attached hydrogens (primary N) is 1. The molecule has 44 heavy (non-hydrogen) atoms. The normalized spacial score (nSPS) is 28.1. The summed E-state index contributed by atoms with van der Waals surface area (Å²) in [5.74, 6) is -9.73. The zero-order valence-corrected chi connectivity index (χ0v) is 25.5. The Morgan fingerprint density at radius 1 is 1.11 bits per heavy atom. The van der Waals surface area contributed by atoms with Gasteiger partial charge in [-0.25, -0.2) is 0 Å². The number of carbonyl (C=O) groups is 5. The molecular formula is C33H39N3O8. The molecule has 2 unspecified atom stereocenters. The standard InChI is InChI=1S/C33H39N3O8/c1-15(2)13-35-14-16-6-9-23(44-5)19(10-16)18-7-8-22(37)25-20(18)11-17-12-21-27(36(3)4)29(39)26(32(34)42)31(41)33(21,43)30(40)24(17)28(25)38/h6-10,15,17,21,24,26-27,35,37,43H,11-14H2,1-5H3,(H2,34,42)/t17-,21-,24?,26?,27-,33-/m0/s1. The number of aliphatic hydroxyl groups is 1. The van der Waals surface area contributed by atoms with Gasteiger partial charge in [0.15, 0.2) is 34.7 Å². The van der Waals surface area contributed by atoms with Gasteiger partial charge in [0.2, 0.25) is 5.91 Å². The molecule has 234 valence electrons. The highest BCUT2D eigenvalue weighted by atomic mass is 16.5. The van der Waals surface area contributed by atoms with Crippen LogP contribution in [0.3, 0.4) is 0 Å². The first-order valence-corrected chi connectivity index (χ1v) is 14.8. The molecule has 0 bridgehead atoms. The maximum absolute atomic E-state index is 14.1. The van der Waals surface area contributed by atoms with Crippen molar-refractivity contribution in [1.82, 2.24) is 10.2 Å². The first-order valence-electron chi connectivity index (χ1n) is 14.8. The third kappa shape index (κ3) is 4.83. The smallest absolute Gasteiger partial charge is 0.235 e. The third-order valence-electron chi connectivity index (χ3n) is 9.38. The first kappa shape index (κ1) is 31.5. The number of methoxy groups -OCH3 is 1. The van der Waals surface area contributed by atoms with Gasteiger partial charge in [0.05, 0.1) is 24.6 Å². The van der Waals surface area contributed by atoms with Crippen molar-refractivity contribution in [2.45, 2.75) is 44.9 Å². The van der Waals surface area contributed by atoms with E-state index in [4.69, 9.17) is 10.5 Å². The number of ether oxygens (including phenoxy) is 1. The topological polar surface area (TPSA) is 176 Å². The van der Waals surface area contributed by atoms with E-state index >= 15 is 0 Å². The summed E-state index contributed by atoms with van der Waals surface area (Å²) >= 11 is 0. The van der Waals surface area contributed by atoms with Crippen molar-refractivity contribution in [3.05, 3.63) is 47.0 Å². The molecule has 2 fully saturated rings. The zero-order chi connectivity index (χ0) is 32.2. The van der Waals surface area contributed by atoms with Crippen molar-refractivity contribution >= 4 is 29.0 Å². The molecular weight excluding hydrogens is 566 g/mol. The minimum absolute atomic E-state index is 0.0186. The Balaban J connectivity index is 1.61. The second-order valence-electron chi connectivity index (χ2n) is 12.8. The predicted molar refractivity (Wildman–Crippen MR) is 160 cm³/mol. The summed E-state index contributed by atoms with van der Waals surface area (Å²) in [6.45, 7) is 5.67. The average molecular weight is 606 g/mol. The minimum atomic E-state index is -2.76. The lowest BCUT2D eigenvalue weighted by atomic mass is 9.52. The molecule has 3 aliphatic carbocycles. The summed E-state index contributed by atoms with van der Waals surface area (Å²) < 4.78 is 5.67. The van der Waals surface area contributed by atoms with Crippen molar-refractivity contribution < 1.29 is 38.9 Å². The molecule has 0 aromatic heterocycles. The van der Waals surface area contributed by atoms with Gasteiger partial charge in [0, 0.05) is 18.0 Å². The number of likely N-dealkylation sites (N-methyl/N-ethyl adjacent to an activating group) is 1. The number of phenols is 1. The number of hydrogen-bond acceptors (Lipinski definition) is 10. The average Bonchev–Trinajstić information content (AvgIpc) is 2.94. The molecule has 2 aromatic rings. The number of fused-ring (bicyclic) bond motifs is 3. The van der Waals surface area contributed by atoms with Crippen LogP contribution in [0, 0.1) is 29.6 Å². The Morgan fingerprint density at radius 3 is 2.43 bits per heavy atom. The van der Waals surface area contributed by atoms with Gasteiger partial charge in [-0.15, -0.1) is 0 Å². The number of nitrogens with zero attached hydrogens (tertiary/aromatic N) is 1. The lowest BCUT2D eigenvalue weighted by Crippen LogP contribution is -2.74. The molecule has 6 atom stereocenters. The molecule has 0 spiro atoms. The molecule has 0 saturated heterocycles. The number of hydrogen-bond donors (Lipinski definition) is 4. The third-order valence-corrected chi connectivity index (χ3v) is 9.38. The van der Waals surface area contributed by atoms with Crippen LogP contribution >= 0.6 is 0 Å². The van der Waals surface area contributed by atoms with Crippen LogP contribution in [0.5, 0.6) is 11.5 Å². The van der Waals surface area contributed by atoms with E-state index in [0.717, 1.165) is 12.1 Å². The lowest BCUT2D eigenvalue weighted by Gasteiger charge is -2.52. The number of ketones is 4. The van der Waals surface area contributed by atoms with Gasteiger partial charge >= 0.3 is 0 Å². The van der Waals surface area contributed by atoms with E-state index in [1.54, 1.807) is 27.3 Å². The van der Waals surface area contributed by atoms with Crippen molar-refractivity contribution in [2.75, 3.05) is 27.7 Å². The van der Waals surface area contributed by atoms with Gasteiger partial charge in [-0.1, -0.05) is 26.0 Å². The van der Waals surface area contributed by atoms with Gasteiger partial charge in [0.1, 0.15) is 11.5 Å². The van der Waals surface area contributed by atoms with E-state index in [1.165, 1.54) is 11.0 Å². The zero-order valence-electron chi connectivity index (χ0n) is 25.5. The van der Waals surface area contributed by atoms with E-state index < -0.39 is 64.4 Å². The van der Waals surface area contributed by atoms with E-state index in [-0.39, 0.29) is 24.2 Å². The van der Waals surface area contributed by atoms with Crippen LogP contribution in [0.15, 0.2) is 30.3 Å². The highest BCUT2D eigenvalue weighted by Gasteiger charge is 2.69. The number of carbonyl (C=O) groups excluding carboxylic acids is 5. The summed E-state index contributed by atoms with van der Waals surface area (Å²) in [5.41, 5.74) is 5.43. The number of rotatable bonds is 8. The van der Waals surface area contributed by atoms with Crippen molar-refractivity contribution in [2.24, 2.45) is 35.3 Å². The van der Waals surface area contributed by atoms with Crippen LogP contribution in [0.1, 0.15) is 41.8 Å². The second-order valence-corrected chi connectivity index (χ2v) is 12.8. The maximum atomic E-state index is 14.1. The van der Waals surface area contributed by atoms with E-state index in [0.29, 0.717) is 34.9 Å². The Bertz CT molecular complexity index is 1570. The minimum Gasteiger partial charge on any atom is -0.507 e. The molecule has 11 heteroatoms. The molecule has 5 N–H and O–H groups in total. The van der Waals surface area contributed by atoms with Gasteiger partial charge < -0.3 is 26.0 Å². The van der Waals surface area contributed by atoms with Gasteiger partial charge in [-0.3, -0.25) is 28.9 Å². The fourth-order valence-electron chi connectivity index (χ4n) is 7.44. The highest BCUT2D eigenvalue weighted by Crippen LogP contribution is 2.52. The Labute approximate surface area is 255 Å². The van der Waals surface area contributed by atoms with Crippen LogP contribution < -0.4 is 15.8 Å². The molecule has 0 aliphatic heterocycles. The van der Waals surface area contributed by atoms with Crippen LogP contribution in [0.25, 0.3) is 11.1 Å². The molecule has 2 saturated carbocycles. The number of benzene rings is 2. The first-order chi connectivity index (χ1) is 20.7. The molecule has 5 rings (SSSR count). The molecule has 1 amide bonds. The van der Waals surface area contributed by atoms with Crippen LogP contribution in [-0.4, -0.2) is 83.5 Å². The van der Waals surface area contributed by atoms with Crippen molar-refractivity contribution in [3.63, 3.8) is 0 Å². The lowest BCUT2D eigenvalue weighted by molar-refractivity contribution is -0.181. The number of primary amides is 1. The fraction of sp³-hybridized carbons (Fsp3) is 0.485. The van der Waals surface area contributed by atoms with Gasteiger partial charge in [-0.2, -0.15) is 0 Å². The van der Waals surface area contributed by atoms with Gasteiger partial charge in [0.25, 0.3) is 0 Å². The molecule has 2 aromatic carbocycles. The summed E-state index contributed by atoms with van der Waals surface area (Å²) in [6, 6.07) is 7.69. The molecule has 11 nitrogen and oxygen atoms in total. The van der Waals surface area contributed by atoms with E-state index in [9.17, 15) is 34.2 Å². The summed E-state index contributed by atoms with van der Waals surface area (Å²) in [4.78, 5) is 68.6. The Hall–Kier alpha value is -3.93. The predicted octanol–water partition coefficient (Wildman–Crippen LogP) is 1.29. The molecule has 0 radical (unpaired) electrons. The van der Waals surface area contributed by atoms with Gasteiger partial charge in [-0.05, 0) is 80.2 Å². The fourth-order valence-corrected chi connectivity index (χ4v) is 7.44. The van der Waals surface area contributed by atoms with Crippen LogP contribution in [-0.2, 0) is 32.1 Å². The van der Waals surface area contributed by atoms with Crippen LogP contribution in [0.2, 0.25) is 0 Å². The second kappa shape index (κ2) is 11.5. The number of amides is 1. The summed E-state index contributed by atoms with van der Waals surface area (Å²) in [5, 5.41) is 26.1. The van der Waals surface area contributed by atoms with E-state index in [1.807, 2.05) is 18.2 Å². The summed E-state index contributed by atoms with van der Waals surface area (Å²) in [7, 11) is 4.66. The number of nitrogens with one attached hydrogen (secondary N) is 1. The monoisotopic (exact) mass is 605 g/mol. The SMILES string of the molecule is COc1ccc(CNCC(C)C)cc1-c1ccc(O)c2c1C[C@H]1C[C@H]3[C@H](N(C)C)C(=O)C(C(N)=O)C(=O)[C@@]3(O)C(=O)C1C2=O. The molecule has 0 heterocycles. The Morgan fingerprint density at radius 2 is 1.82 bits per heavy atom. The van der Waals surface area contributed by atoms with Crippen molar-refractivity contribution in [1.29, 1.82) is 0 Å². The van der Waals surface area contributed by atoms with Crippen molar-refractivity contribution in [3.8, 4) is 22.6 Å². The number of phenolic OH excluding ortho intramolecular Hbond substituents is 1. The number of Topliss-reactive ketones (excluding diaryl/α,β-unsaturated/α-hetero) is 4. The summed E-state index contributed by atoms with van der Waals surface area (Å²) in [6.07, 6.45) is 0.143. The highest BCUT2D eigenvalue weighted by molar-refractivity contribution is 6.32. The molecule has 3 aliphatic rings. The largest absolute Gasteiger partial charge is 0.507 e. The Kier molecular flexibility index (Phi) is 8.25. The number of aromatic hydroxyl groups is 1. The van der Waals surface area contributed by atoms with Crippen LogP contribution in [0.4, 0.5) is 0 Å². The maximum Gasteiger partial charge on any atom is 0.235 e. The van der Waals surface area contributed by atoms with E-state index in [2.05, 4.69) is 19.2 Å².